The van der Waals surface area contributed by atoms with Crippen LogP contribution in [0.5, 0.6) is 0 Å². The zero-order valence-electron chi connectivity index (χ0n) is 10.4. The molecule has 0 aliphatic heterocycles. The Labute approximate surface area is 97.9 Å². The fourth-order valence-corrected chi connectivity index (χ4v) is 7.54. The van der Waals surface area contributed by atoms with Crippen LogP contribution in [-0.2, 0) is 5.41 Å². The summed E-state index contributed by atoms with van der Waals surface area (Å²) in [5.74, 6) is 0.710. The normalized spacial score (nSPS) is 35.9. The molecule has 1 nitrogen and oxygen atoms in total. The van der Waals surface area contributed by atoms with Crippen molar-refractivity contribution >= 4 is 13.9 Å². The highest BCUT2D eigenvalue weighted by molar-refractivity contribution is 6.79. The lowest BCUT2D eigenvalue weighted by atomic mass is 9.98. The van der Waals surface area contributed by atoms with E-state index in [4.69, 9.17) is 0 Å². The maximum Gasteiger partial charge on any atom is 0.167 e. The van der Waals surface area contributed by atoms with Crippen molar-refractivity contribution in [1.29, 1.82) is 0 Å². The third kappa shape index (κ3) is 0.988. The van der Waals surface area contributed by atoms with Gasteiger partial charge in [-0.15, -0.1) is 0 Å². The maximum atomic E-state index is 12.3. The predicted molar refractivity (Wildman–Crippen MR) is 68.7 cm³/mol. The van der Waals surface area contributed by atoms with E-state index in [9.17, 15) is 4.79 Å². The predicted octanol–water partition coefficient (Wildman–Crippen LogP) is 3.48. The van der Waals surface area contributed by atoms with Crippen molar-refractivity contribution in [2.45, 2.75) is 37.5 Å². The van der Waals surface area contributed by atoms with Gasteiger partial charge in [0.15, 0.2) is 5.78 Å². The molecule has 1 aromatic carbocycles. The Morgan fingerprint density at radius 1 is 1.19 bits per heavy atom. The molecule has 1 aromatic rings. The first-order chi connectivity index (χ1) is 7.38. The molecular weight excluding hydrogens is 212 g/mol. The summed E-state index contributed by atoms with van der Waals surface area (Å²) < 4.78 is 0. The first-order valence-electron chi connectivity index (χ1n) is 6.02. The van der Waals surface area contributed by atoms with Gasteiger partial charge in [0, 0.05) is 25.0 Å². The van der Waals surface area contributed by atoms with Gasteiger partial charge in [0.05, 0.1) is 0 Å². The molecule has 0 spiro atoms. The van der Waals surface area contributed by atoms with Crippen molar-refractivity contribution < 1.29 is 4.79 Å². The minimum atomic E-state index is -1.22. The van der Waals surface area contributed by atoms with Crippen LogP contribution in [0.4, 0.5) is 0 Å². The second-order valence-electron chi connectivity index (χ2n) is 6.51. The fourth-order valence-electron chi connectivity index (χ4n) is 4.01. The van der Waals surface area contributed by atoms with Gasteiger partial charge in [-0.25, -0.2) is 0 Å². The molecule has 1 saturated carbocycles. The van der Waals surface area contributed by atoms with Gasteiger partial charge in [-0.3, -0.25) is 4.79 Å². The molecule has 1 fully saturated rings. The fraction of sp³-hybridized carbons (Fsp3) is 0.500. The molecule has 0 radical (unpaired) electrons. The third-order valence-electron chi connectivity index (χ3n) is 4.50. The molecule has 0 saturated heterocycles. The van der Waals surface area contributed by atoms with Crippen molar-refractivity contribution in [1.82, 2.24) is 0 Å². The van der Waals surface area contributed by atoms with Crippen molar-refractivity contribution in [2.24, 2.45) is 5.92 Å². The maximum absolute atomic E-state index is 12.3. The lowest BCUT2D eigenvalue weighted by Crippen LogP contribution is -2.26. The lowest BCUT2D eigenvalue weighted by molar-refractivity contribution is 0.0971. The van der Waals surface area contributed by atoms with Gasteiger partial charge in [-0.05, 0) is 11.1 Å². The van der Waals surface area contributed by atoms with Crippen LogP contribution in [0.15, 0.2) is 24.3 Å². The molecule has 0 heterocycles. The average Bonchev–Trinajstić information content (AvgIpc) is 2.79. The van der Waals surface area contributed by atoms with Gasteiger partial charge in [0.25, 0.3) is 0 Å². The summed E-state index contributed by atoms with van der Waals surface area (Å²) in [5.41, 5.74) is 3.14. The van der Waals surface area contributed by atoms with Crippen LogP contribution in [0, 0.1) is 5.92 Å². The molecule has 0 bridgehead atoms. The molecule has 84 valence electrons. The van der Waals surface area contributed by atoms with Gasteiger partial charge in [0.1, 0.15) is 0 Å². The van der Waals surface area contributed by atoms with E-state index in [2.05, 4.69) is 38.7 Å². The monoisotopic (exact) mass is 230 g/mol. The minimum absolute atomic E-state index is 0.179. The summed E-state index contributed by atoms with van der Waals surface area (Å²) in [5, 5.41) is 0. The van der Waals surface area contributed by atoms with Crippen molar-refractivity contribution in [2.75, 3.05) is 0 Å². The van der Waals surface area contributed by atoms with E-state index >= 15 is 0 Å². The summed E-state index contributed by atoms with van der Waals surface area (Å²) in [6.07, 6.45) is 0. The first kappa shape index (κ1) is 10.3. The number of hydrogen-bond acceptors (Lipinski definition) is 1. The highest BCUT2D eigenvalue weighted by Crippen LogP contribution is 2.73. The summed E-state index contributed by atoms with van der Waals surface area (Å²) in [6.45, 7) is 9.45. The van der Waals surface area contributed by atoms with E-state index in [0.29, 0.717) is 17.2 Å². The Morgan fingerprint density at radius 2 is 1.81 bits per heavy atom. The van der Waals surface area contributed by atoms with Crippen LogP contribution in [0.1, 0.15) is 22.8 Å². The molecule has 0 unspecified atom stereocenters. The quantitative estimate of drug-likeness (QED) is 0.675. The molecule has 2 heteroatoms. The van der Waals surface area contributed by atoms with Crippen molar-refractivity contribution in [3.63, 3.8) is 0 Å². The molecular formula is C14H18OSi. The van der Waals surface area contributed by atoms with Gasteiger partial charge in [-0.2, -0.15) is 0 Å². The second kappa shape index (κ2) is 2.67. The number of benzene rings is 1. The molecule has 2 aliphatic carbocycles. The second-order valence-corrected chi connectivity index (χ2v) is 11.9. The summed E-state index contributed by atoms with van der Waals surface area (Å²) in [7, 11) is -1.22. The molecule has 0 aromatic heterocycles. The van der Waals surface area contributed by atoms with Crippen LogP contribution in [-0.4, -0.2) is 13.9 Å². The topological polar surface area (TPSA) is 17.1 Å². The third-order valence-corrected chi connectivity index (χ3v) is 7.30. The highest BCUT2D eigenvalue weighted by Gasteiger charge is 2.73. The molecule has 0 N–H and O–H groups in total. The van der Waals surface area contributed by atoms with Crippen LogP contribution in [0.25, 0.3) is 0 Å². The first-order valence-corrected chi connectivity index (χ1v) is 9.60. The van der Waals surface area contributed by atoms with Crippen LogP contribution in [0.3, 0.4) is 0 Å². The number of ketones is 1. The number of rotatable bonds is 1. The molecule has 0 amide bonds. The minimum Gasteiger partial charge on any atom is -0.294 e. The van der Waals surface area contributed by atoms with Crippen molar-refractivity contribution in [3.8, 4) is 0 Å². The number of carbonyl (C=O) groups excluding carboxylic acids is 1. The SMILES string of the molecule is C[C@]12c3ccccc3C(=O)[C@H]1[C@@H]2[Si](C)(C)C. The zero-order valence-corrected chi connectivity index (χ0v) is 11.4. The number of carbonyl (C=O) groups is 1. The largest absolute Gasteiger partial charge is 0.294 e. The molecule has 16 heavy (non-hydrogen) atoms. The highest BCUT2D eigenvalue weighted by atomic mass is 28.3. The number of fused-ring (bicyclic) bond motifs is 3. The van der Waals surface area contributed by atoms with Crippen LogP contribution >= 0.6 is 0 Å². The number of Topliss-reactive ketones (excluding diaryl/α,β-unsaturated/α-hetero) is 1. The summed E-state index contributed by atoms with van der Waals surface area (Å²) in [6, 6.07) is 8.21. The Bertz CT molecular complexity index is 486. The van der Waals surface area contributed by atoms with Crippen LogP contribution < -0.4 is 0 Å². The lowest BCUT2D eigenvalue weighted by Gasteiger charge is -2.22. The van der Waals surface area contributed by atoms with E-state index < -0.39 is 8.07 Å². The molecule has 3 atom stereocenters. The summed E-state index contributed by atoms with van der Waals surface area (Å²) in [4.78, 5) is 12.3. The summed E-state index contributed by atoms with van der Waals surface area (Å²) >= 11 is 0. The van der Waals surface area contributed by atoms with E-state index in [0.717, 1.165) is 5.56 Å². The Balaban J connectivity index is 2.14. The van der Waals surface area contributed by atoms with Crippen molar-refractivity contribution in [3.05, 3.63) is 35.4 Å². The molecule has 2 aliphatic rings. The smallest absolute Gasteiger partial charge is 0.167 e. The van der Waals surface area contributed by atoms with E-state index in [1.807, 2.05) is 12.1 Å². The van der Waals surface area contributed by atoms with Gasteiger partial charge in [-0.1, -0.05) is 50.8 Å². The van der Waals surface area contributed by atoms with E-state index in [-0.39, 0.29) is 5.41 Å². The van der Waals surface area contributed by atoms with E-state index in [1.165, 1.54) is 5.56 Å². The Kier molecular flexibility index (Phi) is 1.72. The zero-order chi connectivity index (χ0) is 11.7. The number of hydrogen-bond donors (Lipinski definition) is 0. The van der Waals surface area contributed by atoms with Gasteiger partial charge in [0.2, 0.25) is 0 Å². The average molecular weight is 230 g/mol. The van der Waals surface area contributed by atoms with Gasteiger partial charge < -0.3 is 0 Å². The van der Waals surface area contributed by atoms with Crippen LogP contribution in [0.2, 0.25) is 25.2 Å². The standard InChI is InChI=1S/C14H18OSi/c1-14-10-8-6-5-7-9(10)12(15)11(14)13(14)16(2,3)4/h5-8,11,13H,1-4H3/t11-,13-,14-/m0/s1. The molecule has 3 rings (SSSR count). The van der Waals surface area contributed by atoms with E-state index in [1.54, 1.807) is 0 Å². The van der Waals surface area contributed by atoms with Gasteiger partial charge >= 0.3 is 0 Å². The Morgan fingerprint density at radius 3 is 2.44 bits per heavy atom. The Hall–Kier alpha value is -0.893.